The normalized spacial score (nSPS) is 11.5. The topological polar surface area (TPSA) is 90.0 Å². The summed E-state index contributed by atoms with van der Waals surface area (Å²) in [5.41, 5.74) is 7.05. The van der Waals surface area contributed by atoms with Crippen molar-refractivity contribution in [3.63, 3.8) is 0 Å². The summed E-state index contributed by atoms with van der Waals surface area (Å²) < 4.78 is 28.0. The van der Waals surface area contributed by atoms with Crippen molar-refractivity contribution in [2.24, 2.45) is 12.8 Å². The van der Waals surface area contributed by atoms with Gasteiger partial charge in [0, 0.05) is 12.7 Å². The van der Waals surface area contributed by atoms with E-state index in [-0.39, 0.29) is 5.03 Å². The number of nitrogens with one attached hydrogen (secondary N) is 1. The summed E-state index contributed by atoms with van der Waals surface area (Å²) in [7, 11) is -2.02. The van der Waals surface area contributed by atoms with Crippen molar-refractivity contribution in [3.8, 4) is 0 Å². The lowest BCUT2D eigenvalue weighted by Gasteiger charge is -2.08. The van der Waals surface area contributed by atoms with Crippen molar-refractivity contribution in [1.29, 1.82) is 0 Å². The highest BCUT2D eigenvalue weighted by atomic mass is 32.2. The summed E-state index contributed by atoms with van der Waals surface area (Å²) in [6.45, 7) is 0.570. The number of hydrogen-bond acceptors (Lipinski definition) is 4. The summed E-state index contributed by atoms with van der Waals surface area (Å²) in [5.74, 6) is 0. The van der Waals surface area contributed by atoms with Crippen molar-refractivity contribution >= 4 is 15.7 Å². The van der Waals surface area contributed by atoms with Crippen LogP contribution in [0.3, 0.4) is 0 Å². The Hall–Kier alpha value is -1.86. The first-order valence-electron chi connectivity index (χ1n) is 5.83. The monoisotopic (exact) mass is 280 g/mol. The van der Waals surface area contributed by atoms with Crippen molar-refractivity contribution in [1.82, 2.24) is 9.78 Å². The molecule has 19 heavy (non-hydrogen) atoms. The predicted octanol–water partition coefficient (Wildman–Crippen LogP) is 0.722. The van der Waals surface area contributed by atoms with Crippen LogP contribution in [0.15, 0.2) is 41.6 Å². The average molecular weight is 280 g/mol. The largest absolute Gasteiger partial charge is 0.330 e. The summed E-state index contributed by atoms with van der Waals surface area (Å²) in [5, 5.41) is 3.97. The Balaban J connectivity index is 2.19. The van der Waals surface area contributed by atoms with Crippen LogP contribution in [-0.2, 0) is 23.5 Å². The summed E-state index contributed by atoms with van der Waals surface area (Å²) in [6, 6.07) is 8.60. The number of anilines is 1. The van der Waals surface area contributed by atoms with Gasteiger partial charge >= 0.3 is 0 Å². The highest BCUT2D eigenvalue weighted by molar-refractivity contribution is 7.92. The molecule has 0 spiro atoms. The molecule has 0 amide bonds. The Bertz CT molecular complexity index is 647. The van der Waals surface area contributed by atoms with Gasteiger partial charge in [-0.1, -0.05) is 12.1 Å². The molecule has 6 nitrogen and oxygen atoms in total. The smallest absolute Gasteiger partial charge is 0.279 e. The molecule has 0 bridgehead atoms. The SMILES string of the molecule is Cn1nccc1S(=O)(=O)Nc1ccc(CCN)cc1. The molecule has 1 aromatic carbocycles. The highest BCUT2D eigenvalue weighted by Gasteiger charge is 2.17. The van der Waals surface area contributed by atoms with Gasteiger partial charge in [-0.2, -0.15) is 13.5 Å². The fourth-order valence-electron chi connectivity index (χ4n) is 1.74. The van der Waals surface area contributed by atoms with Crippen LogP contribution in [0.2, 0.25) is 0 Å². The van der Waals surface area contributed by atoms with Gasteiger partial charge in [-0.25, -0.2) is 0 Å². The second-order valence-electron chi connectivity index (χ2n) is 4.13. The first kappa shape index (κ1) is 13.6. The van der Waals surface area contributed by atoms with E-state index in [0.29, 0.717) is 12.2 Å². The highest BCUT2D eigenvalue weighted by Crippen LogP contribution is 2.16. The zero-order valence-corrected chi connectivity index (χ0v) is 11.4. The van der Waals surface area contributed by atoms with Gasteiger partial charge < -0.3 is 5.73 Å². The Kier molecular flexibility index (Phi) is 3.87. The lowest BCUT2D eigenvalue weighted by atomic mass is 10.1. The van der Waals surface area contributed by atoms with E-state index in [1.54, 1.807) is 19.2 Å². The fourth-order valence-corrected chi connectivity index (χ4v) is 2.92. The third-order valence-corrected chi connectivity index (χ3v) is 4.15. The van der Waals surface area contributed by atoms with E-state index in [1.807, 2.05) is 12.1 Å². The van der Waals surface area contributed by atoms with Crippen molar-refractivity contribution in [2.45, 2.75) is 11.4 Å². The van der Waals surface area contributed by atoms with E-state index >= 15 is 0 Å². The van der Waals surface area contributed by atoms with Crippen LogP contribution in [-0.4, -0.2) is 24.7 Å². The molecule has 3 N–H and O–H groups in total. The van der Waals surface area contributed by atoms with Crippen molar-refractivity contribution < 1.29 is 8.42 Å². The third-order valence-electron chi connectivity index (χ3n) is 2.69. The zero-order valence-electron chi connectivity index (χ0n) is 10.6. The van der Waals surface area contributed by atoms with Crippen molar-refractivity contribution in [3.05, 3.63) is 42.1 Å². The molecule has 0 atom stereocenters. The lowest BCUT2D eigenvalue weighted by Crippen LogP contribution is -2.16. The predicted molar refractivity (Wildman–Crippen MR) is 73.2 cm³/mol. The van der Waals surface area contributed by atoms with E-state index in [2.05, 4.69) is 9.82 Å². The number of aryl methyl sites for hydroxylation is 1. The third kappa shape index (κ3) is 3.12. The molecule has 7 heteroatoms. The Labute approximate surface area is 112 Å². The van der Waals surface area contributed by atoms with Gasteiger partial charge in [0.2, 0.25) is 0 Å². The number of rotatable bonds is 5. The molecule has 1 heterocycles. The summed E-state index contributed by atoms with van der Waals surface area (Å²) in [6.07, 6.45) is 2.22. The molecule has 1 aromatic heterocycles. The maximum absolute atomic E-state index is 12.1. The fraction of sp³-hybridized carbons (Fsp3) is 0.250. The second-order valence-corrected chi connectivity index (χ2v) is 5.76. The molecule has 0 aliphatic carbocycles. The number of nitrogens with zero attached hydrogens (tertiary/aromatic N) is 2. The molecule has 0 unspecified atom stereocenters. The number of hydrogen-bond donors (Lipinski definition) is 2. The Morgan fingerprint density at radius 1 is 1.26 bits per heavy atom. The van der Waals surface area contributed by atoms with E-state index in [4.69, 9.17) is 5.73 Å². The van der Waals surface area contributed by atoms with E-state index in [9.17, 15) is 8.42 Å². The summed E-state index contributed by atoms with van der Waals surface area (Å²) in [4.78, 5) is 0. The number of nitrogens with two attached hydrogens (primary N) is 1. The maximum Gasteiger partial charge on any atom is 0.279 e. The first-order valence-corrected chi connectivity index (χ1v) is 7.31. The number of aromatic nitrogens is 2. The van der Waals surface area contributed by atoms with Crippen LogP contribution >= 0.6 is 0 Å². The van der Waals surface area contributed by atoms with Crippen LogP contribution in [0.5, 0.6) is 0 Å². The molecule has 0 aliphatic heterocycles. The number of sulfonamides is 1. The van der Waals surface area contributed by atoms with E-state index in [1.165, 1.54) is 16.9 Å². The van der Waals surface area contributed by atoms with Gasteiger partial charge in [0.15, 0.2) is 5.03 Å². The van der Waals surface area contributed by atoms with Crippen LogP contribution in [0.4, 0.5) is 5.69 Å². The molecule has 0 saturated heterocycles. The van der Waals surface area contributed by atoms with Gasteiger partial charge in [-0.05, 0) is 36.7 Å². The summed E-state index contributed by atoms with van der Waals surface area (Å²) >= 11 is 0. The minimum absolute atomic E-state index is 0.124. The van der Waals surface area contributed by atoms with Gasteiger partial charge in [-0.3, -0.25) is 9.40 Å². The zero-order chi connectivity index (χ0) is 13.9. The van der Waals surface area contributed by atoms with Crippen LogP contribution < -0.4 is 10.5 Å². The van der Waals surface area contributed by atoms with Crippen LogP contribution in [0, 0.1) is 0 Å². The molecule has 2 rings (SSSR count). The Morgan fingerprint density at radius 2 is 1.95 bits per heavy atom. The molecule has 0 fully saturated rings. The van der Waals surface area contributed by atoms with E-state index < -0.39 is 10.0 Å². The second kappa shape index (κ2) is 5.41. The first-order chi connectivity index (χ1) is 9.03. The molecular weight excluding hydrogens is 264 g/mol. The number of benzene rings is 1. The quantitative estimate of drug-likeness (QED) is 0.844. The lowest BCUT2D eigenvalue weighted by molar-refractivity contribution is 0.582. The standard InChI is InChI=1S/C12H16N4O2S/c1-16-12(7-9-14-16)19(17,18)15-11-4-2-10(3-5-11)6-8-13/h2-5,7,9,15H,6,8,13H2,1H3. The van der Waals surface area contributed by atoms with Gasteiger partial charge in [0.25, 0.3) is 10.0 Å². The minimum atomic E-state index is -3.60. The molecule has 102 valence electrons. The molecule has 0 radical (unpaired) electrons. The van der Waals surface area contributed by atoms with Crippen molar-refractivity contribution in [2.75, 3.05) is 11.3 Å². The van der Waals surface area contributed by atoms with Crippen LogP contribution in [0.25, 0.3) is 0 Å². The molecular formula is C12H16N4O2S. The minimum Gasteiger partial charge on any atom is -0.330 e. The maximum atomic E-state index is 12.1. The van der Waals surface area contributed by atoms with Crippen LogP contribution in [0.1, 0.15) is 5.56 Å². The van der Waals surface area contributed by atoms with Gasteiger partial charge in [0.05, 0.1) is 6.20 Å². The molecule has 2 aromatic rings. The molecule has 0 saturated carbocycles. The molecule has 0 aliphatic rings. The van der Waals surface area contributed by atoms with Gasteiger partial charge in [0.1, 0.15) is 0 Å². The van der Waals surface area contributed by atoms with E-state index in [0.717, 1.165) is 12.0 Å². The van der Waals surface area contributed by atoms with Gasteiger partial charge in [-0.15, -0.1) is 0 Å². The Morgan fingerprint density at radius 3 is 2.47 bits per heavy atom. The average Bonchev–Trinajstić information content (AvgIpc) is 2.79.